The van der Waals surface area contributed by atoms with Crippen molar-refractivity contribution in [3.05, 3.63) is 64.2 Å². The predicted molar refractivity (Wildman–Crippen MR) is 92.2 cm³/mol. The first-order valence-corrected chi connectivity index (χ1v) is 9.40. The van der Waals surface area contributed by atoms with Gasteiger partial charge in [-0.3, -0.25) is 4.31 Å². The molecule has 1 aliphatic rings. The van der Waals surface area contributed by atoms with Gasteiger partial charge in [0.25, 0.3) is 0 Å². The van der Waals surface area contributed by atoms with Crippen LogP contribution in [0.15, 0.2) is 42.5 Å². The lowest BCUT2D eigenvalue weighted by atomic mass is 9.98. The van der Waals surface area contributed by atoms with Crippen molar-refractivity contribution in [2.75, 3.05) is 10.8 Å². The molecule has 0 aromatic heterocycles. The predicted octanol–water partition coefficient (Wildman–Crippen LogP) is 3.42. The van der Waals surface area contributed by atoms with E-state index in [4.69, 9.17) is 11.6 Å². The minimum atomic E-state index is -3.58. The molecular formula is C17H18ClNO3S. The van der Waals surface area contributed by atoms with Crippen molar-refractivity contribution in [1.82, 2.24) is 0 Å². The first-order valence-electron chi connectivity index (χ1n) is 7.41. The number of benzene rings is 2. The Balaban J connectivity index is 2.02. The average Bonchev–Trinajstić information content (AvgIpc) is 2.50. The van der Waals surface area contributed by atoms with Gasteiger partial charge in [0.2, 0.25) is 10.0 Å². The summed E-state index contributed by atoms with van der Waals surface area (Å²) < 4.78 is 27.2. The summed E-state index contributed by atoms with van der Waals surface area (Å²) in [5, 5.41) is 10.6. The highest BCUT2D eigenvalue weighted by atomic mass is 35.5. The van der Waals surface area contributed by atoms with Crippen molar-refractivity contribution in [2.45, 2.75) is 25.2 Å². The maximum atomic E-state index is 12.9. The van der Waals surface area contributed by atoms with Crippen LogP contribution in [0.5, 0.6) is 0 Å². The molecule has 1 N–H and O–H groups in total. The topological polar surface area (TPSA) is 57.6 Å². The van der Waals surface area contributed by atoms with Gasteiger partial charge in [0.05, 0.1) is 17.5 Å². The van der Waals surface area contributed by atoms with Gasteiger partial charge in [-0.05, 0) is 30.5 Å². The Bertz CT molecular complexity index is 835. The molecule has 0 amide bonds. The summed E-state index contributed by atoms with van der Waals surface area (Å²) in [6, 6.07) is 12.4. The zero-order valence-electron chi connectivity index (χ0n) is 12.7. The summed E-state index contributed by atoms with van der Waals surface area (Å²) >= 11 is 6.10. The van der Waals surface area contributed by atoms with Crippen molar-refractivity contribution in [3.8, 4) is 0 Å². The maximum absolute atomic E-state index is 12.9. The molecule has 1 heterocycles. The Morgan fingerprint density at radius 2 is 1.96 bits per heavy atom. The van der Waals surface area contributed by atoms with E-state index >= 15 is 0 Å². The lowest BCUT2D eigenvalue weighted by Crippen LogP contribution is -2.38. The number of hydrogen-bond donors (Lipinski definition) is 1. The van der Waals surface area contributed by atoms with Crippen LogP contribution in [-0.4, -0.2) is 20.1 Å². The van der Waals surface area contributed by atoms with Crippen molar-refractivity contribution in [2.24, 2.45) is 0 Å². The van der Waals surface area contributed by atoms with Gasteiger partial charge in [-0.15, -0.1) is 0 Å². The summed E-state index contributed by atoms with van der Waals surface area (Å²) in [5.41, 5.74) is 2.68. The highest BCUT2D eigenvalue weighted by Gasteiger charge is 2.32. The molecule has 1 aliphatic heterocycles. The first-order chi connectivity index (χ1) is 10.9. The van der Waals surface area contributed by atoms with Crippen LogP contribution in [-0.2, 0) is 15.8 Å². The third-order valence-electron chi connectivity index (χ3n) is 4.11. The molecule has 0 saturated heterocycles. The number of nitrogens with zero attached hydrogens (tertiary/aromatic N) is 1. The van der Waals surface area contributed by atoms with Gasteiger partial charge in [0.1, 0.15) is 0 Å². The monoisotopic (exact) mass is 351 g/mol. The third kappa shape index (κ3) is 3.09. The van der Waals surface area contributed by atoms with Crippen molar-refractivity contribution in [1.29, 1.82) is 0 Å². The maximum Gasteiger partial charge on any atom is 0.239 e. The number of hydrogen-bond acceptors (Lipinski definition) is 3. The summed E-state index contributed by atoms with van der Waals surface area (Å²) in [6.07, 6.45) is -0.241. The normalized spacial score (nSPS) is 17.9. The highest BCUT2D eigenvalue weighted by molar-refractivity contribution is 7.92. The number of aliphatic hydroxyl groups is 1. The molecule has 0 bridgehead atoms. The van der Waals surface area contributed by atoms with Crippen LogP contribution in [0.3, 0.4) is 0 Å². The summed E-state index contributed by atoms with van der Waals surface area (Å²) in [7, 11) is -3.58. The lowest BCUT2D eigenvalue weighted by Gasteiger charge is -2.34. The Kier molecular flexibility index (Phi) is 4.36. The molecule has 23 heavy (non-hydrogen) atoms. The van der Waals surface area contributed by atoms with Crippen LogP contribution < -0.4 is 4.31 Å². The Hall–Kier alpha value is -1.56. The summed E-state index contributed by atoms with van der Waals surface area (Å²) in [4.78, 5) is 0. The standard InChI is InChI=1S/C17H18ClNO3S/c1-12-5-4-7-14-16(20)9-10-19(17(12)14)23(21,22)11-13-6-2-3-8-15(13)18/h2-8,16,20H,9-11H2,1H3. The smallest absolute Gasteiger partial charge is 0.239 e. The second kappa shape index (κ2) is 6.15. The van der Waals surface area contributed by atoms with E-state index < -0.39 is 16.1 Å². The van der Waals surface area contributed by atoms with E-state index in [2.05, 4.69) is 0 Å². The van der Waals surface area contributed by atoms with Crippen LogP contribution in [0, 0.1) is 6.92 Å². The van der Waals surface area contributed by atoms with E-state index in [1.807, 2.05) is 19.1 Å². The minimum Gasteiger partial charge on any atom is -0.388 e. The van der Waals surface area contributed by atoms with Crippen LogP contribution in [0.2, 0.25) is 5.02 Å². The van der Waals surface area contributed by atoms with E-state index in [0.29, 0.717) is 28.3 Å². The fourth-order valence-electron chi connectivity index (χ4n) is 2.97. The number of para-hydroxylation sites is 1. The second-order valence-electron chi connectivity index (χ2n) is 5.74. The zero-order chi connectivity index (χ0) is 16.6. The molecule has 1 atom stereocenters. The van der Waals surface area contributed by atoms with Gasteiger partial charge in [-0.2, -0.15) is 0 Å². The van der Waals surface area contributed by atoms with E-state index in [0.717, 1.165) is 5.56 Å². The Morgan fingerprint density at radius 3 is 2.70 bits per heavy atom. The largest absolute Gasteiger partial charge is 0.388 e. The summed E-state index contributed by atoms with van der Waals surface area (Å²) in [6.45, 7) is 2.13. The molecule has 0 fully saturated rings. The van der Waals surface area contributed by atoms with Gasteiger partial charge in [-0.1, -0.05) is 48.0 Å². The number of anilines is 1. The second-order valence-corrected chi connectivity index (χ2v) is 8.04. The van der Waals surface area contributed by atoms with Crippen LogP contribution in [0.1, 0.15) is 29.2 Å². The van der Waals surface area contributed by atoms with E-state index in [9.17, 15) is 13.5 Å². The quantitative estimate of drug-likeness (QED) is 0.921. The Labute approximate surface area is 141 Å². The average molecular weight is 352 g/mol. The number of aliphatic hydroxyl groups excluding tert-OH is 1. The number of fused-ring (bicyclic) bond motifs is 1. The minimum absolute atomic E-state index is 0.156. The van der Waals surface area contributed by atoms with Gasteiger partial charge in [0.15, 0.2) is 0 Å². The number of halogens is 1. The fourth-order valence-corrected chi connectivity index (χ4v) is 4.96. The SMILES string of the molecule is Cc1cccc2c1N(S(=O)(=O)Cc1ccccc1Cl)CCC2O. The molecule has 4 nitrogen and oxygen atoms in total. The molecule has 3 rings (SSSR count). The highest BCUT2D eigenvalue weighted by Crippen LogP contribution is 2.38. The molecular weight excluding hydrogens is 334 g/mol. The molecule has 0 aliphatic carbocycles. The summed E-state index contributed by atoms with van der Waals surface area (Å²) in [5.74, 6) is -0.156. The molecule has 0 radical (unpaired) electrons. The van der Waals surface area contributed by atoms with Gasteiger partial charge >= 0.3 is 0 Å². The first kappa shape index (κ1) is 16.3. The number of aryl methyl sites for hydroxylation is 1. The number of rotatable bonds is 3. The van der Waals surface area contributed by atoms with Gasteiger partial charge < -0.3 is 5.11 Å². The van der Waals surface area contributed by atoms with E-state index in [-0.39, 0.29) is 12.3 Å². The zero-order valence-corrected chi connectivity index (χ0v) is 14.3. The van der Waals surface area contributed by atoms with Crippen LogP contribution in [0.25, 0.3) is 0 Å². The molecule has 2 aromatic rings. The van der Waals surface area contributed by atoms with Crippen molar-refractivity contribution in [3.63, 3.8) is 0 Å². The van der Waals surface area contributed by atoms with E-state index in [1.54, 1.807) is 30.3 Å². The van der Waals surface area contributed by atoms with Crippen LogP contribution in [0.4, 0.5) is 5.69 Å². The number of sulfonamides is 1. The van der Waals surface area contributed by atoms with Gasteiger partial charge in [-0.25, -0.2) is 8.42 Å². The molecule has 0 saturated carbocycles. The van der Waals surface area contributed by atoms with Crippen molar-refractivity contribution < 1.29 is 13.5 Å². The van der Waals surface area contributed by atoms with Crippen molar-refractivity contribution >= 4 is 27.3 Å². The van der Waals surface area contributed by atoms with Gasteiger partial charge in [0, 0.05) is 17.1 Å². The van der Waals surface area contributed by atoms with E-state index in [1.165, 1.54) is 4.31 Å². The molecule has 122 valence electrons. The fraction of sp³-hybridized carbons (Fsp3) is 0.294. The lowest BCUT2D eigenvalue weighted by molar-refractivity contribution is 0.166. The molecule has 0 spiro atoms. The van der Waals surface area contributed by atoms with Crippen LogP contribution >= 0.6 is 11.6 Å². The third-order valence-corrected chi connectivity index (χ3v) is 6.20. The Morgan fingerprint density at radius 1 is 1.22 bits per heavy atom. The molecule has 1 unspecified atom stereocenters. The molecule has 2 aromatic carbocycles. The molecule has 6 heteroatoms.